The van der Waals surface area contributed by atoms with Crippen LogP contribution in [0.3, 0.4) is 0 Å². The largest absolute Gasteiger partial charge is 0.388 e. The van der Waals surface area contributed by atoms with Gasteiger partial charge >= 0.3 is 0 Å². The molecule has 0 aromatic carbocycles. The van der Waals surface area contributed by atoms with Crippen molar-refractivity contribution in [3.8, 4) is 0 Å². The van der Waals surface area contributed by atoms with Gasteiger partial charge in [-0.3, -0.25) is 0 Å². The molecule has 4 nitrogen and oxygen atoms in total. The van der Waals surface area contributed by atoms with E-state index in [1.54, 1.807) is 0 Å². The van der Waals surface area contributed by atoms with Gasteiger partial charge in [-0.25, -0.2) is 9.97 Å². The highest BCUT2D eigenvalue weighted by Gasteiger charge is 2.21. The van der Waals surface area contributed by atoms with E-state index in [-0.39, 0.29) is 0 Å². The number of anilines is 1. The summed E-state index contributed by atoms with van der Waals surface area (Å²) in [6.07, 6.45) is 3.00. The molecule has 0 saturated heterocycles. The third-order valence-electron chi connectivity index (χ3n) is 2.72. The maximum Gasteiger partial charge on any atom is 0.129 e. The zero-order valence-electron chi connectivity index (χ0n) is 9.62. The molecule has 0 bridgehead atoms. The summed E-state index contributed by atoms with van der Waals surface area (Å²) in [5, 5.41) is 13.2. The molecule has 0 fully saturated rings. The van der Waals surface area contributed by atoms with E-state index in [2.05, 4.69) is 15.3 Å². The van der Waals surface area contributed by atoms with Crippen LogP contribution < -0.4 is 5.32 Å². The van der Waals surface area contributed by atoms with Gasteiger partial charge in [0.1, 0.15) is 12.1 Å². The van der Waals surface area contributed by atoms with Gasteiger partial charge in [-0.15, -0.1) is 0 Å². The van der Waals surface area contributed by atoms with E-state index in [0.29, 0.717) is 6.54 Å². The van der Waals surface area contributed by atoms with Crippen molar-refractivity contribution in [1.82, 2.24) is 9.97 Å². The second-order valence-corrected chi connectivity index (χ2v) is 3.83. The minimum Gasteiger partial charge on any atom is -0.388 e. The normalized spacial score (nSPS) is 11.5. The maximum absolute atomic E-state index is 10.1. The van der Waals surface area contributed by atoms with Crippen LogP contribution in [0.15, 0.2) is 12.4 Å². The van der Waals surface area contributed by atoms with Crippen molar-refractivity contribution in [3.05, 3.63) is 18.1 Å². The van der Waals surface area contributed by atoms with Gasteiger partial charge in [0, 0.05) is 18.3 Å². The van der Waals surface area contributed by atoms with Gasteiger partial charge in [-0.1, -0.05) is 13.8 Å². The third-order valence-corrected chi connectivity index (χ3v) is 2.72. The Kier molecular flexibility index (Phi) is 4.03. The number of nitrogens with one attached hydrogen (secondary N) is 1. The van der Waals surface area contributed by atoms with E-state index in [0.717, 1.165) is 24.4 Å². The smallest absolute Gasteiger partial charge is 0.129 e. The average molecular weight is 209 g/mol. The fourth-order valence-corrected chi connectivity index (χ4v) is 1.31. The Morgan fingerprint density at radius 2 is 2.00 bits per heavy atom. The lowest BCUT2D eigenvalue weighted by Gasteiger charge is -2.25. The molecule has 0 saturated carbocycles. The van der Waals surface area contributed by atoms with Crippen molar-refractivity contribution in [2.75, 3.05) is 11.9 Å². The summed E-state index contributed by atoms with van der Waals surface area (Å²) in [6, 6.07) is 1.87. The zero-order chi connectivity index (χ0) is 11.3. The standard InChI is InChI=1S/C11H19N3O/c1-4-11(15,5-2)7-12-10-6-9(3)13-8-14-10/h6,8,15H,4-5,7H2,1-3H3,(H,12,13,14). The number of hydrogen-bond acceptors (Lipinski definition) is 4. The second-order valence-electron chi connectivity index (χ2n) is 3.83. The van der Waals surface area contributed by atoms with Crippen LogP contribution in [0.25, 0.3) is 0 Å². The van der Waals surface area contributed by atoms with Gasteiger partial charge in [0.25, 0.3) is 0 Å². The molecule has 4 heteroatoms. The first-order valence-corrected chi connectivity index (χ1v) is 5.34. The molecule has 0 amide bonds. The zero-order valence-corrected chi connectivity index (χ0v) is 9.62. The van der Waals surface area contributed by atoms with Crippen LogP contribution in [0.1, 0.15) is 32.4 Å². The lowest BCUT2D eigenvalue weighted by molar-refractivity contribution is 0.0456. The summed E-state index contributed by atoms with van der Waals surface area (Å²) in [4.78, 5) is 8.09. The van der Waals surface area contributed by atoms with Crippen molar-refractivity contribution in [2.24, 2.45) is 0 Å². The Morgan fingerprint density at radius 3 is 2.53 bits per heavy atom. The second kappa shape index (κ2) is 5.07. The first-order valence-electron chi connectivity index (χ1n) is 5.34. The molecular formula is C11H19N3O. The molecule has 1 aromatic rings. The van der Waals surface area contributed by atoms with Gasteiger partial charge in [0.15, 0.2) is 0 Å². The predicted molar refractivity (Wildman–Crippen MR) is 60.8 cm³/mol. The Labute approximate surface area is 90.8 Å². The van der Waals surface area contributed by atoms with E-state index in [1.165, 1.54) is 6.33 Å². The number of nitrogens with zero attached hydrogens (tertiary/aromatic N) is 2. The summed E-state index contributed by atoms with van der Waals surface area (Å²) >= 11 is 0. The van der Waals surface area contributed by atoms with E-state index < -0.39 is 5.60 Å². The number of hydrogen-bond donors (Lipinski definition) is 2. The molecular weight excluding hydrogens is 190 g/mol. The average Bonchev–Trinajstić information content (AvgIpc) is 2.26. The van der Waals surface area contributed by atoms with Crippen molar-refractivity contribution < 1.29 is 5.11 Å². The van der Waals surface area contributed by atoms with Crippen LogP contribution in [-0.4, -0.2) is 27.2 Å². The van der Waals surface area contributed by atoms with Crippen molar-refractivity contribution in [2.45, 2.75) is 39.2 Å². The SMILES string of the molecule is CCC(O)(CC)CNc1cc(C)ncn1. The fourth-order valence-electron chi connectivity index (χ4n) is 1.31. The number of aromatic nitrogens is 2. The van der Waals surface area contributed by atoms with Gasteiger partial charge in [-0.2, -0.15) is 0 Å². The molecule has 0 spiro atoms. The van der Waals surface area contributed by atoms with Crippen LogP contribution in [0.4, 0.5) is 5.82 Å². The molecule has 0 atom stereocenters. The molecule has 84 valence electrons. The lowest BCUT2D eigenvalue weighted by Crippen LogP contribution is -2.35. The molecule has 1 aromatic heterocycles. The Balaban J connectivity index is 2.56. The van der Waals surface area contributed by atoms with Gasteiger partial charge in [-0.05, 0) is 19.8 Å². The minimum atomic E-state index is -0.640. The molecule has 0 aliphatic heterocycles. The molecule has 15 heavy (non-hydrogen) atoms. The number of rotatable bonds is 5. The third kappa shape index (κ3) is 3.47. The highest BCUT2D eigenvalue weighted by molar-refractivity contribution is 5.34. The number of aliphatic hydroxyl groups is 1. The Bertz CT molecular complexity index is 310. The Hall–Kier alpha value is -1.16. The summed E-state index contributed by atoms with van der Waals surface area (Å²) in [5.74, 6) is 0.767. The quantitative estimate of drug-likeness (QED) is 0.775. The molecule has 0 unspecified atom stereocenters. The predicted octanol–water partition coefficient (Wildman–Crippen LogP) is 1.75. The van der Waals surface area contributed by atoms with Crippen LogP contribution in [-0.2, 0) is 0 Å². The highest BCUT2D eigenvalue weighted by atomic mass is 16.3. The lowest BCUT2D eigenvalue weighted by atomic mass is 9.98. The van der Waals surface area contributed by atoms with Gasteiger partial charge in [0.05, 0.1) is 5.60 Å². The monoisotopic (exact) mass is 209 g/mol. The minimum absolute atomic E-state index is 0.524. The Morgan fingerprint density at radius 1 is 1.33 bits per heavy atom. The van der Waals surface area contributed by atoms with Crippen LogP contribution >= 0.6 is 0 Å². The van der Waals surface area contributed by atoms with E-state index in [4.69, 9.17) is 0 Å². The number of aryl methyl sites for hydroxylation is 1. The fraction of sp³-hybridized carbons (Fsp3) is 0.636. The first kappa shape index (κ1) is 11.9. The van der Waals surface area contributed by atoms with Crippen LogP contribution in [0.5, 0.6) is 0 Å². The molecule has 1 rings (SSSR count). The van der Waals surface area contributed by atoms with Gasteiger partial charge < -0.3 is 10.4 Å². The molecule has 0 radical (unpaired) electrons. The van der Waals surface area contributed by atoms with Crippen molar-refractivity contribution in [3.63, 3.8) is 0 Å². The van der Waals surface area contributed by atoms with Crippen LogP contribution in [0, 0.1) is 6.92 Å². The molecule has 1 heterocycles. The van der Waals surface area contributed by atoms with E-state index >= 15 is 0 Å². The molecule has 2 N–H and O–H groups in total. The summed E-state index contributed by atoms with van der Waals surface area (Å²) in [6.45, 7) is 6.40. The van der Waals surface area contributed by atoms with E-state index in [1.807, 2.05) is 26.8 Å². The maximum atomic E-state index is 10.1. The first-order chi connectivity index (χ1) is 7.09. The summed E-state index contributed by atoms with van der Waals surface area (Å²) < 4.78 is 0. The van der Waals surface area contributed by atoms with Gasteiger partial charge in [0.2, 0.25) is 0 Å². The van der Waals surface area contributed by atoms with Crippen LogP contribution in [0.2, 0.25) is 0 Å². The van der Waals surface area contributed by atoms with Crippen molar-refractivity contribution >= 4 is 5.82 Å². The van der Waals surface area contributed by atoms with Crippen molar-refractivity contribution in [1.29, 1.82) is 0 Å². The highest BCUT2D eigenvalue weighted by Crippen LogP contribution is 2.15. The summed E-state index contributed by atoms with van der Waals surface area (Å²) in [7, 11) is 0. The summed E-state index contributed by atoms with van der Waals surface area (Å²) in [5.41, 5.74) is 0.280. The topological polar surface area (TPSA) is 58.0 Å². The van der Waals surface area contributed by atoms with E-state index in [9.17, 15) is 5.11 Å². The molecule has 0 aliphatic carbocycles. The molecule has 0 aliphatic rings.